The van der Waals surface area contributed by atoms with E-state index in [9.17, 15) is 10.2 Å². The Morgan fingerprint density at radius 1 is 1.00 bits per heavy atom. The Labute approximate surface area is 103 Å². The van der Waals surface area contributed by atoms with Crippen LogP contribution in [0.3, 0.4) is 0 Å². The lowest BCUT2D eigenvalue weighted by Gasteiger charge is -2.28. The molecule has 2 N–H and O–H groups in total. The lowest BCUT2D eigenvalue weighted by molar-refractivity contribution is 0.0382. The highest BCUT2D eigenvalue weighted by atomic mass is 16.3. The summed E-state index contributed by atoms with van der Waals surface area (Å²) in [5, 5.41) is 20.0. The Balaban J connectivity index is 2.00. The normalized spacial score (nSPS) is 30.6. The van der Waals surface area contributed by atoms with Crippen molar-refractivity contribution in [3.05, 3.63) is 35.9 Å². The fraction of sp³-hybridized carbons (Fsp3) is 0.600. The van der Waals surface area contributed by atoms with E-state index in [1.165, 1.54) is 5.56 Å². The molecule has 1 saturated carbocycles. The molecule has 0 spiro atoms. The zero-order chi connectivity index (χ0) is 12.1. The Kier molecular flexibility index (Phi) is 4.57. The van der Waals surface area contributed by atoms with Gasteiger partial charge in [0.25, 0.3) is 0 Å². The lowest BCUT2D eigenvalue weighted by atomic mass is 9.83. The third-order valence-corrected chi connectivity index (χ3v) is 3.75. The van der Waals surface area contributed by atoms with Crippen LogP contribution < -0.4 is 0 Å². The van der Waals surface area contributed by atoms with Crippen LogP contribution in [0.2, 0.25) is 0 Å². The zero-order valence-corrected chi connectivity index (χ0v) is 10.3. The number of hydrogen-bond acceptors (Lipinski definition) is 2. The highest BCUT2D eigenvalue weighted by molar-refractivity contribution is 5.15. The molecule has 0 radical (unpaired) electrons. The molecule has 0 bridgehead atoms. The number of rotatable bonds is 2. The number of aliphatic hydroxyl groups excluding tert-OH is 2. The average Bonchev–Trinajstić information content (AvgIpc) is 2.33. The summed E-state index contributed by atoms with van der Waals surface area (Å²) in [6.07, 6.45) is 4.95. The molecular weight excluding hydrogens is 212 g/mol. The van der Waals surface area contributed by atoms with Crippen molar-refractivity contribution in [2.45, 2.75) is 50.7 Å². The summed E-state index contributed by atoms with van der Waals surface area (Å²) in [5.41, 5.74) is 1.25. The van der Waals surface area contributed by atoms with Gasteiger partial charge in [-0.15, -0.1) is 0 Å². The van der Waals surface area contributed by atoms with Gasteiger partial charge in [-0.2, -0.15) is 0 Å². The Morgan fingerprint density at radius 3 is 2.47 bits per heavy atom. The third kappa shape index (κ3) is 3.83. The maximum atomic E-state index is 10.1. The van der Waals surface area contributed by atoms with E-state index in [0.29, 0.717) is 0 Å². The van der Waals surface area contributed by atoms with Gasteiger partial charge in [0.2, 0.25) is 0 Å². The summed E-state index contributed by atoms with van der Waals surface area (Å²) in [7, 11) is 0. The fourth-order valence-electron chi connectivity index (χ4n) is 2.73. The molecule has 1 aliphatic rings. The monoisotopic (exact) mass is 234 g/mol. The molecule has 0 amide bonds. The van der Waals surface area contributed by atoms with Crippen molar-refractivity contribution in [1.29, 1.82) is 0 Å². The van der Waals surface area contributed by atoms with Crippen LogP contribution in [-0.2, 0) is 6.42 Å². The summed E-state index contributed by atoms with van der Waals surface area (Å²) in [6, 6.07) is 10.3. The molecule has 2 nitrogen and oxygen atoms in total. The molecule has 1 fully saturated rings. The molecule has 94 valence electrons. The predicted octanol–water partition coefficient (Wildman–Crippen LogP) is 2.53. The third-order valence-electron chi connectivity index (χ3n) is 3.75. The van der Waals surface area contributed by atoms with Crippen molar-refractivity contribution < 1.29 is 10.2 Å². The fourth-order valence-corrected chi connectivity index (χ4v) is 2.73. The van der Waals surface area contributed by atoms with Crippen LogP contribution in [0.1, 0.15) is 37.7 Å². The molecule has 0 aliphatic heterocycles. The second-order valence-corrected chi connectivity index (χ2v) is 5.19. The Bertz CT molecular complexity index is 323. The van der Waals surface area contributed by atoms with Crippen molar-refractivity contribution in [3.63, 3.8) is 0 Å². The molecule has 0 aromatic heterocycles. The summed E-state index contributed by atoms with van der Waals surface area (Å²) >= 11 is 0. The molecular formula is C15H22O2. The Hall–Kier alpha value is -0.860. The summed E-state index contributed by atoms with van der Waals surface area (Å²) in [4.78, 5) is 0. The van der Waals surface area contributed by atoms with Gasteiger partial charge in [0, 0.05) is 0 Å². The van der Waals surface area contributed by atoms with Gasteiger partial charge >= 0.3 is 0 Å². The number of benzene rings is 1. The first-order valence-electron chi connectivity index (χ1n) is 6.66. The van der Waals surface area contributed by atoms with Crippen LogP contribution in [0, 0.1) is 5.92 Å². The molecule has 0 heterocycles. The second-order valence-electron chi connectivity index (χ2n) is 5.19. The van der Waals surface area contributed by atoms with E-state index in [1.807, 2.05) is 18.2 Å². The molecule has 0 saturated heterocycles. The minimum Gasteiger partial charge on any atom is -0.393 e. The van der Waals surface area contributed by atoms with E-state index < -0.39 is 0 Å². The molecule has 17 heavy (non-hydrogen) atoms. The van der Waals surface area contributed by atoms with Crippen molar-refractivity contribution in [2.24, 2.45) is 5.92 Å². The maximum Gasteiger partial charge on any atom is 0.0572 e. The van der Waals surface area contributed by atoms with Gasteiger partial charge < -0.3 is 10.2 Å². The van der Waals surface area contributed by atoms with Crippen molar-refractivity contribution in [1.82, 2.24) is 0 Å². The van der Waals surface area contributed by atoms with E-state index >= 15 is 0 Å². The van der Waals surface area contributed by atoms with Crippen LogP contribution in [0.4, 0.5) is 0 Å². The number of aliphatic hydroxyl groups is 2. The van der Waals surface area contributed by atoms with E-state index in [2.05, 4.69) is 12.1 Å². The second kappa shape index (κ2) is 6.18. The molecule has 3 atom stereocenters. The highest BCUT2D eigenvalue weighted by Crippen LogP contribution is 2.26. The molecule has 1 unspecified atom stereocenters. The average molecular weight is 234 g/mol. The molecule has 1 aromatic carbocycles. The van der Waals surface area contributed by atoms with Crippen LogP contribution >= 0.6 is 0 Å². The van der Waals surface area contributed by atoms with Gasteiger partial charge in [0.05, 0.1) is 12.2 Å². The first-order chi connectivity index (χ1) is 8.25. The van der Waals surface area contributed by atoms with Gasteiger partial charge in [-0.05, 0) is 37.2 Å². The maximum absolute atomic E-state index is 10.1. The van der Waals surface area contributed by atoms with Crippen LogP contribution in [0.15, 0.2) is 30.3 Å². The largest absolute Gasteiger partial charge is 0.393 e. The predicted molar refractivity (Wildman–Crippen MR) is 68.7 cm³/mol. The summed E-state index contributed by atoms with van der Waals surface area (Å²) < 4.78 is 0. The van der Waals surface area contributed by atoms with Crippen LogP contribution in [0.25, 0.3) is 0 Å². The van der Waals surface area contributed by atoms with Gasteiger partial charge in [0.15, 0.2) is 0 Å². The first kappa shape index (κ1) is 12.6. The van der Waals surface area contributed by atoms with Gasteiger partial charge in [-0.1, -0.05) is 43.2 Å². The quantitative estimate of drug-likeness (QED) is 0.825. The smallest absolute Gasteiger partial charge is 0.0572 e. The topological polar surface area (TPSA) is 40.5 Å². The van der Waals surface area contributed by atoms with Gasteiger partial charge in [0.1, 0.15) is 0 Å². The van der Waals surface area contributed by atoms with E-state index in [-0.39, 0.29) is 18.1 Å². The number of hydrogen-bond donors (Lipinski definition) is 2. The van der Waals surface area contributed by atoms with Crippen LogP contribution in [0.5, 0.6) is 0 Å². The van der Waals surface area contributed by atoms with E-state index in [0.717, 1.165) is 38.5 Å². The van der Waals surface area contributed by atoms with Crippen LogP contribution in [-0.4, -0.2) is 22.4 Å². The molecule has 2 rings (SSSR count). The van der Waals surface area contributed by atoms with Crippen molar-refractivity contribution in [3.8, 4) is 0 Å². The first-order valence-corrected chi connectivity index (χ1v) is 6.66. The van der Waals surface area contributed by atoms with E-state index in [1.54, 1.807) is 0 Å². The minimum atomic E-state index is -0.259. The van der Waals surface area contributed by atoms with E-state index in [4.69, 9.17) is 0 Å². The standard InChI is InChI=1S/C15H22O2/c16-14-8-4-5-9-15(17)13(11-14)10-12-6-2-1-3-7-12/h1-3,6-7,13-17H,4-5,8-11H2/t13-,14+,15?/m0/s1. The zero-order valence-electron chi connectivity index (χ0n) is 10.3. The highest BCUT2D eigenvalue weighted by Gasteiger charge is 2.24. The lowest BCUT2D eigenvalue weighted by Crippen LogP contribution is -2.29. The SMILES string of the molecule is OC1CCCC[C@@H](O)C[C@@H]1Cc1ccccc1. The minimum absolute atomic E-state index is 0.202. The van der Waals surface area contributed by atoms with Crippen molar-refractivity contribution in [2.75, 3.05) is 0 Å². The Morgan fingerprint density at radius 2 is 1.71 bits per heavy atom. The molecule has 2 heteroatoms. The summed E-state index contributed by atoms with van der Waals surface area (Å²) in [5.74, 6) is 0.202. The molecule has 1 aromatic rings. The molecule has 1 aliphatic carbocycles. The van der Waals surface area contributed by atoms with Gasteiger partial charge in [-0.3, -0.25) is 0 Å². The van der Waals surface area contributed by atoms with Crippen molar-refractivity contribution >= 4 is 0 Å². The summed E-state index contributed by atoms with van der Waals surface area (Å²) in [6.45, 7) is 0. The van der Waals surface area contributed by atoms with Gasteiger partial charge in [-0.25, -0.2) is 0 Å².